The van der Waals surface area contributed by atoms with E-state index in [-0.39, 0.29) is 18.1 Å². The highest BCUT2D eigenvalue weighted by molar-refractivity contribution is 5.81. The number of para-hydroxylation sites is 1. The first kappa shape index (κ1) is 20.5. The van der Waals surface area contributed by atoms with Crippen LogP contribution in [0, 0.1) is 12.8 Å². The number of nitrogens with one attached hydrogen (secondary N) is 2. The van der Waals surface area contributed by atoms with E-state index in [2.05, 4.69) is 28.6 Å². The van der Waals surface area contributed by atoms with Gasteiger partial charge in [0.2, 0.25) is 5.91 Å². The van der Waals surface area contributed by atoms with E-state index in [1.54, 1.807) is 7.05 Å². The van der Waals surface area contributed by atoms with Crippen molar-refractivity contribution < 1.29 is 9.53 Å². The van der Waals surface area contributed by atoms with E-state index in [1.807, 2.05) is 30.0 Å². The van der Waals surface area contributed by atoms with Crippen LogP contribution in [-0.4, -0.2) is 55.6 Å². The average Bonchev–Trinajstić information content (AvgIpc) is 3.38. The van der Waals surface area contributed by atoms with Crippen LogP contribution in [0.25, 0.3) is 0 Å². The number of aliphatic imine (C=N–C) groups is 1. The summed E-state index contributed by atoms with van der Waals surface area (Å²) in [7, 11) is 1.78. The zero-order valence-electron chi connectivity index (χ0n) is 17.4. The summed E-state index contributed by atoms with van der Waals surface area (Å²) >= 11 is 0. The first-order chi connectivity index (χ1) is 13.6. The Kier molecular flexibility index (Phi) is 7.18. The van der Waals surface area contributed by atoms with Gasteiger partial charge in [-0.3, -0.25) is 9.79 Å². The molecule has 1 aromatic carbocycles. The van der Waals surface area contributed by atoms with Gasteiger partial charge < -0.3 is 20.3 Å². The molecule has 1 saturated carbocycles. The highest BCUT2D eigenvalue weighted by Crippen LogP contribution is 2.27. The molecule has 2 N–H and O–H groups in total. The highest BCUT2D eigenvalue weighted by Gasteiger charge is 2.32. The van der Waals surface area contributed by atoms with Gasteiger partial charge >= 0.3 is 0 Å². The fourth-order valence-electron chi connectivity index (χ4n) is 4.08. The zero-order valence-corrected chi connectivity index (χ0v) is 17.4. The monoisotopic (exact) mass is 386 g/mol. The van der Waals surface area contributed by atoms with Crippen LogP contribution in [0.15, 0.2) is 29.3 Å². The van der Waals surface area contributed by atoms with Crippen LogP contribution in [0.3, 0.4) is 0 Å². The highest BCUT2D eigenvalue weighted by atomic mass is 16.5. The molecule has 1 aliphatic carbocycles. The lowest BCUT2D eigenvalue weighted by Gasteiger charge is -2.22. The number of hydrogen-bond acceptors (Lipinski definition) is 3. The van der Waals surface area contributed by atoms with Gasteiger partial charge in [0.1, 0.15) is 11.9 Å². The summed E-state index contributed by atoms with van der Waals surface area (Å²) in [5.74, 6) is 2.29. The molecule has 6 heteroatoms. The Morgan fingerprint density at radius 2 is 2.04 bits per heavy atom. The normalized spacial score (nSPS) is 21.6. The number of carbonyl (C=O) groups is 1. The number of nitrogens with zero attached hydrogens (tertiary/aromatic N) is 2. The molecule has 1 saturated heterocycles. The largest absolute Gasteiger partial charge is 0.489 e. The second kappa shape index (κ2) is 9.80. The number of guanidine groups is 1. The molecule has 0 aromatic heterocycles. The molecule has 2 aliphatic rings. The maximum atomic E-state index is 12.6. The van der Waals surface area contributed by atoms with Crippen LogP contribution in [0.5, 0.6) is 5.75 Å². The molecule has 2 fully saturated rings. The van der Waals surface area contributed by atoms with Crippen molar-refractivity contribution in [1.29, 1.82) is 0 Å². The minimum absolute atomic E-state index is 0.0173. The molecular formula is C22H34N4O2. The van der Waals surface area contributed by atoms with E-state index >= 15 is 0 Å². The summed E-state index contributed by atoms with van der Waals surface area (Å²) in [4.78, 5) is 19.0. The Balaban J connectivity index is 1.42. The summed E-state index contributed by atoms with van der Waals surface area (Å²) in [6, 6.07) is 8.30. The number of ether oxygens (including phenoxy) is 1. The van der Waals surface area contributed by atoms with Crippen LogP contribution in [0.4, 0.5) is 0 Å². The lowest BCUT2D eigenvalue weighted by atomic mass is 10.1. The standard InChI is InChI=1S/C22H34N4O2/c1-16-8-4-7-11-20(16)28-17(2)14-24-22(23-3)25-19-12-13-26(15-19)21(27)18-9-5-6-10-18/h4,7-8,11,17-19H,5-6,9-10,12-15H2,1-3H3,(H2,23,24,25). The molecule has 1 aliphatic heterocycles. The molecule has 2 atom stereocenters. The lowest BCUT2D eigenvalue weighted by molar-refractivity contribution is -0.134. The van der Waals surface area contributed by atoms with Gasteiger partial charge in [-0.25, -0.2) is 0 Å². The van der Waals surface area contributed by atoms with Gasteiger partial charge in [-0.2, -0.15) is 0 Å². The van der Waals surface area contributed by atoms with Crippen LogP contribution in [0.1, 0.15) is 44.6 Å². The number of aryl methyl sites for hydroxylation is 1. The maximum Gasteiger partial charge on any atom is 0.225 e. The zero-order chi connectivity index (χ0) is 19.9. The van der Waals surface area contributed by atoms with Crippen molar-refractivity contribution in [2.75, 3.05) is 26.7 Å². The van der Waals surface area contributed by atoms with E-state index < -0.39 is 0 Å². The molecular weight excluding hydrogens is 352 g/mol. The van der Waals surface area contributed by atoms with Crippen molar-refractivity contribution >= 4 is 11.9 Å². The van der Waals surface area contributed by atoms with Crippen molar-refractivity contribution in [3.63, 3.8) is 0 Å². The third-order valence-electron chi connectivity index (χ3n) is 5.75. The molecule has 0 spiro atoms. The molecule has 1 aromatic rings. The molecule has 154 valence electrons. The summed E-state index contributed by atoms with van der Waals surface area (Å²) in [6.07, 6.45) is 5.51. The van der Waals surface area contributed by atoms with Gasteiger partial charge in [0.05, 0.1) is 6.54 Å². The van der Waals surface area contributed by atoms with Gasteiger partial charge in [-0.15, -0.1) is 0 Å². The smallest absolute Gasteiger partial charge is 0.225 e. The number of rotatable bonds is 6. The van der Waals surface area contributed by atoms with Crippen LogP contribution in [-0.2, 0) is 4.79 Å². The van der Waals surface area contributed by atoms with Crippen LogP contribution >= 0.6 is 0 Å². The predicted octanol–water partition coefficient (Wildman–Crippen LogP) is 2.72. The third kappa shape index (κ3) is 5.40. The van der Waals surface area contributed by atoms with Crippen molar-refractivity contribution in [2.45, 2.75) is 58.1 Å². The quantitative estimate of drug-likeness (QED) is 0.583. The second-order valence-corrected chi connectivity index (χ2v) is 8.04. The van der Waals surface area contributed by atoms with Crippen molar-refractivity contribution in [2.24, 2.45) is 10.9 Å². The minimum Gasteiger partial charge on any atom is -0.489 e. The molecule has 0 radical (unpaired) electrons. The molecule has 28 heavy (non-hydrogen) atoms. The van der Waals surface area contributed by atoms with E-state index in [4.69, 9.17) is 4.74 Å². The predicted molar refractivity (Wildman–Crippen MR) is 113 cm³/mol. The van der Waals surface area contributed by atoms with E-state index in [9.17, 15) is 4.79 Å². The second-order valence-electron chi connectivity index (χ2n) is 8.04. The van der Waals surface area contributed by atoms with Gasteiger partial charge in [-0.05, 0) is 44.7 Å². The Morgan fingerprint density at radius 3 is 2.75 bits per heavy atom. The summed E-state index contributed by atoms with van der Waals surface area (Å²) < 4.78 is 6.02. The van der Waals surface area contributed by atoms with Crippen molar-refractivity contribution in [3.05, 3.63) is 29.8 Å². The van der Waals surface area contributed by atoms with E-state index in [0.717, 1.165) is 49.6 Å². The van der Waals surface area contributed by atoms with Crippen LogP contribution < -0.4 is 15.4 Å². The fraction of sp³-hybridized carbons (Fsp3) is 0.636. The van der Waals surface area contributed by atoms with Gasteiger partial charge in [0.15, 0.2) is 5.96 Å². The van der Waals surface area contributed by atoms with Crippen molar-refractivity contribution in [3.8, 4) is 5.75 Å². The summed E-state index contributed by atoms with van der Waals surface area (Å²) in [5, 5.41) is 6.81. The Hall–Kier alpha value is -2.24. The molecule has 6 nitrogen and oxygen atoms in total. The Morgan fingerprint density at radius 1 is 1.29 bits per heavy atom. The van der Waals surface area contributed by atoms with Gasteiger partial charge in [0, 0.05) is 32.1 Å². The van der Waals surface area contributed by atoms with Crippen LogP contribution in [0.2, 0.25) is 0 Å². The molecule has 2 unspecified atom stereocenters. The fourth-order valence-corrected chi connectivity index (χ4v) is 4.08. The summed E-state index contributed by atoms with van der Waals surface area (Å²) in [5.41, 5.74) is 1.13. The Labute approximate surface area is 168 Å². The number of amides is 1. The lowest BCUT2D eigenvalue weighted by Crippen LogP contribution is -2.47. The molecule has 3 rings (SSSR count). The van der Waals surface area contributed by atoms with E-state index in [1.165, 1.54) is 12.8 Å². The number of benzene rings is 1. The Bertz CT molecular complexity index is 685. The van der Waals surface area contributed by atoms with E-state index in [0.29, 0.717) is 12.5 Å². The summed E-state index contributed by atoms with van der Waals surface area (Å²) in [6.45, 7) is 6.37. The van der Waals surface area contributed by atoms with Gasteiger partial charge in [-0.1, -0.05) is 31.0 Å². The topological polar surface area (TPSA) is 66.0 Å². The molecule has 0 bridgehead atoms. The SMILES string of the molecule is CN=C(NCC(C)Oc1ccccc1C)NC1CCN(C(=O)C2CCCC2)C1. The average molecular weight is 387 g/mol. The van der Waals surface area contributed by atoms with Crippen molar-refractivity contribution in [1.82, 2.24) is 15.5 Å². The molecule has 1 amide bonds. The first-order valence-corrected chi connectivity index (χ1v) is 10.5. The maximum absolute atomic E-state index is 12.6. The number of hydrogen-bond donors (Lipinski definition) is 2. The number of carbonyl (C=O) groups excluding carboxylic acids is 1. The molecule has 1 heterocycles. The first-order valence-electron chi connectivity index (χ1n) is 10.5. The van der Waals surface area contributed by atoms with Gasteiger partial charge in [0.25, 0.3) is 0 Å². The minimum atomic E-state index is 0.0173. The third-order valence-corrected chi connectivity index (χ3v) is 5.75. The number of likely N-dealkylation sites (tertiary alicyclic amines) is 1.